The first kappa shape index (κ1) is 20.1. The van der Waals surface area contributed by atoms with E-state index < -0.39 is 17.9 Å². The minimum atomic E-state index is -1.08. The lowest BCUT2D eigenvalue weighted by Crippen LogP contribution is -1.96. The molecule has 0 fully saturated rings. The maximum absolute atomic E-state index is 12.0. The number of nitrogens with one attached hydrogen (secondary N) is 3. The third-order valence-electron chi connectivity index (χ3n) is 6.91. The molecule has 4 aromatic carbocycles. The van der Waals surface area contributed by atoms with Gasteiger partial charge in [0, 0.05) is 43.4 Å². The van der Waals surface area contributed by atoms with Crippen molar-refractivity contribution in [1.29, 1.82) is 0 Å². The largest absolute Gasteiger partial charge is 0.478 e. The molecule has 0 aliphatic heterocycles. The maximum atomic E-state index is 12.0. The summed E-state index contributed by atoms with van der Waals surface area (Å²) in [5.74, 6) is -3.19. The molecule has 3 heterocycles. The number of para-hydroxylation sites is 1. The molecule has 0 unspecified atom stereocenters. The van der Waals surface area contributed by atoms with Gasteiger partial charge in [0.25, 0.3) is 0 Å². The van der Waals surface area contributed by atoms with Crippen LogP contribution in [0.4, 0.5) is 0 Å². The van der Waals surface area contributed by atoms with Crippen molar-refractivity contribution in [1.82, 2.24) is 15.0 Å². The van der Waals surface area contributed by atoms with Crippen LogP contribution >= 0.6 is 0 Å². The predicted molar refractivity (Wildman–Crippen MR) is 135 cm³/mol. The Labute approximate surface area is 199 Å². The fraction of sp³-hybridized carbons (Fsp3) is 0. The SMILES string of the molecule is O=C(O)c1ccc2[nH]c3c4[nH]c5ccc(C(=O)O)cc5c4c4c5cccc(C(=O)O)c5[nH]c4c3c2c1. The number of rotatable bonds is 3. The molecule has 6 N–H and O–H groups in total. The molecule has 0 bridgehead atoms. The summed E-state index contributed by atoms with van der Waals surface area (Å²) >= 11 is 0. The monoisotopic (exact) mass is 477 g/mol. The van der Waals surface area contributed by atoms with Gasteiger partial charge in [-0.2, -0.15) is 0 Å². The Balaban J connectivity index is 1.82. The molecular weight excluding hydrogens is 462 g/mol. The lowest BCUT2D eigenvalue weighted by atomic mass is 9.99. The number of carboxylic acids is 3. The molecule has 3 aromatic heterocycles. The zero-order chi connectivity index (χ0) is 24.9. The molecule has 0 atom stereocenters. The van der Waals surface area contributed by atoms with E-state index in [9.17, 15) is 29.7 Å². The van der Waals surface area contributed by atoms with E-state index in [0.717, 1.165) is 16.3 Å². The number of H-pyrrole nitrogens is 3. The summed E-state index contributed by atoms with van der Waals surface area (Å²) in [5, 5.41) is 33.2. The van der Waals surface area contributed by atoms with Crippen LogP contribution in [-0.2, 0) is 0 Å². The first-order valence-corrected chi connectivity index (χ1v) is 11.0. The molecule has 36 heavy (non-hydrogen) atoms. The third-order valence-corrected chi connectivity index (χ3v) is 6.91. The topological polar surface area (TPSA) is 159 Å². The summed E-state index contributed by atoms with van der Waals surface area (Å²) in [6.45, 7) is 0. The summed E-state index contributed by atoms with van der Waals surface area (Å²) in [4.78, 5) is 45.5. The minimum Gasteiger partial charge on any atom is -0.478 e. The van der Waals surface area contributed by atoms with Gasteiger partial charge in [-0.1, -0.05) is 12.1 Å². The molecule has 0 aliphatic carbocycles. The Morgan fingerprint density at radius 3 is 1.67 bits per heavy atom. The minimum absolute atomic E-state index is 0.0992. The Kier molecular flexibility index (Phi) is 3.70. The van der Waals surface area contributed by atoms with Gasteiger partial charge in [0.2, 0.25) is 0 Å². The van der Waals surface area contributed by atoms with Crippen LogP contribution in [0.5, 0.6) is 0 Å². The Hall–Kier alpha value is -5.31. The highest BCUT2D eigenvalue weighted by Gasteiger charge is 2.23. The van der Waals surface area contributed by atoms with Crippen LogP contribution in [0, 0.1) is 0 Å². The van der Waals surface area contributed by atoms with Gasteiger partial charge in [0.1, 0.15) is 0 Å². The van der Waals surface area contributed by atoms with Crippen molar-refractivity contribution in [2.45, 2.75) is 0 Å². The van der Waals surface area contributed by atoms with Crippen LogP contribution in [0.3, 0.4) is 0 Å². The van der Waals surface area contributed by atoms with Crippen LogP contribution in [0.15, 0.2) is 54.6 Å². The number of fused-ring (bicyclic) bond motifs is 12. The van der Waals surface area contributed by atoms with Gasteiger partial charge in [0.05, 0.1) is 38.8 Å². The number of benzene rings is 4. The molecule has 0 radical (unpaired) electrons. The van der Waals surface area contributed by atoms with E-state index >= 15 is 0 Å². The maximum Gasteiger partial charge on any atom is 0.337 e. The molecule has 174 valence electrons. The van der Waals surface area contributed by atoms with E-state index in [-0.39, 0.29) is 16.7 Å². The van der Waals surface area contributed by atoms with Crippen molar-refractivity contribution >= 4 is 83.3 Å². The fourth-order valence-corrected chi connectivity index (χ4v) is 5.39. The molecule has 0 amide bonds. The summed E-state index contributed by atoms with van der Waals surface area (Å²) < 4.78 is 0. The van der Waals surface area contributed by atoms with Crippen LogP contribution in [0.2, 0.25) is 0 Å². The first-order chi connectivity index (χ1) is 17.3. The lowest BCUT2D eigenvalue weighted by molar-refractivity contribution is 0.0686. The second kappa shape index (κ2) is 6.63. The summed E-state index contributed by atoms with van der Waals surface area (Å²) in [6.07, 6.45) is 0. The standard InChI is InChI=1S/C27H15N3O6/c31-25(32)10-4-6-16-14(8-10)19-18-12-2-1-3-13(27(35)36)21(12)30-22(18)20-15-9-11(26(33)34)5-7-17(15)29-24(20)23(19)28-16/h1-9,28-30H,(H,31,32)(H,33,34)(H,35,36). The van der Waals surface area contributed by atoms with Crippen molar-refractivity contribution < 1.29 is 29.7 Å². The van der Waals surface area contributed by atoms with Gasteiger partial charge in [-0.15, -0.1) is 0 Å². The van der Waals surface area contributed by atoms with Crippen molar-refractivity contribution in [2.24, 2.45) is 0 Å². The molecule has 0 spiro atoms. The van der Waals surface area contributed by atoms with Crippen LogP contribution in [0.1, 0.15) is 31.1 Å². The van der Waals surface area contributed by atoms with Crippen molar-refractivity contribution in [3.8, 4) is 0 Å². The van der Waals surface area contributed by atoms with Crippen LogP contribution < -0.4 is 0 Å². The number of carboxylic acid groups (broad SMARTS) is 3. The predicted octanol–water partition coefficient (Wildman–Crippen LogP) is 5.68. The molecular formula is C27H15N3O6. The smallest absolute Gasteiger partial charge is 0.337 e. The number of hydrogen-bond donors (Lipinski definition) is 6. The molecule has 7 aromatic rings. The lowest BCUT2D eigenvalue weighted by Gasteiger charge is -2.02. The number of aromatic nitrogens is 3. The van der Waals surface area contributed by atoms with Gasteiger partial charge >= 0.3 is 17.9 Å². The van der Waals surface area contributed by atoms with Gasteiger partial charge in [-0.3, -0.25) is 0 Å². The van der Waals surface area contributed by atoms with E-state index in [1.54, 1.807) is 30.3 Å². The van der Waals surface area contributed by atoms with E-state index in [1.807, 2.05) is 6.07 Å². The van der Waals surface area contributed by atoms with Gasteiger partial charge in [0.15, 0.2) is 0 Å². The second-order valence-electron chi connectivity index (χ2n) is 8.79. The third kappa shape index (κ3) is 2.45. The molecule has 0 saturated carbocycles. The highest BCUT2D eigenvalue weighted by atomic mass is 16.4. The Bertz CT molecular complexity index is 2140. The Morgan fingerprint density at radius 2 is 1.08 bits per heavy atom. The second-order valence-corrected chi connectivity index (χ2v) is 8.79. The van der Waals surface area contributed by atoms with E-state index in [1.165, 1.54) is 18.2 Å². The molecule has 0 saturated heterocycles. The molecule has 0 aliphatic rings. The van der Waals surface area contributed by atoms with Gasteiger partial charge in [-0.25, -0.2) is 14.4 Å². The summed E-state index contributed by atoms with van der Waals surface area (Å²) in [6, 6.07) is 14.7. The van der Waals surface area contributed by atoms with Gasteiger partial charge < -0.3 is 30.3 Å². The average molecular weight is 477 g/mol. The highest BCUT2D eigenvalue weighted by molar-refractivity contribution is 6.39. The number of carbonyl (C=O) groups is 3. The Morgan fingerprint density at radius 1 is 0.528 bits per heavy atom. The quantitative estimate of drug-likeness (QED) is 0.192. The van der Waals surface area contributed by atoms with Crippen LogP contribution in [0.25, 0.3) is 65.4 Å². The number of hydrogen-bond acceptors (Lipinski definition) is 3. The zero-order valence-corrected chi connectivity index (χ0v) is 18.3. The van der Waals surface area contributed by atoms with E-state index in [0.29, 0.717) is 49.1 Å². The summed E-state index contributed by atoms with van der Waals surface area (Å²) in [5.41, 5.74) is 4.27. The normalized spacial score (nSPS) is 12.0. The van der Waals surface area contributed by atoms with Crippen molar-refractivity contribution in [3.05, 3.63) is 71.3 Å². The number of aromatic amines is 3. The van der Waals surface area contributed by atoms with Crippen LogP contribution in [-0.4, -0.2) is 48.2 Å². The fourth-order valence-electron chi connectivity index (χ4n) is 5.39. The molecule has 9 nitrogen and oxygen atoms in total. The molecule has 7 rings (SSSR count). The molecule has 9 heteroatoms. The van der Waals surface area contributed by atoms with Crippen molar-refractivity contribution in [3.63, 3.8) is 0 Å². The zero-order valence-electron chi connectivity index (χ0n) is 18.3. The van der Waals surface area contributed by atoms with Crippen molar-refractivity contribution in [2.75, 3.05) is 0 Å². The number of aromatic carboxylic acids is 3. The summed E-state index contributed by atoms with van der Waals surface area (Å²) in [7, 11) is 0. The first-order valence-electron chi connectivity index (χ1n) is 11.0. The van der Waals surface area contributed by atoms with Gasteiger partial charge in [-0.05, 0) is 42.5 Å². The average Bonchev–Trinajstić information content (AvgIpc) is 3.53. The highest BCUT2D eigenvalue weighted by Crippen LogP contribution is 2.45. The van der Waals surface area contributed by atoms with E-state index in [2.05, 4.69) is 15.0 Å². The van der Waals surface area contributed by atoms with E-state index in [4.69, 9.17) is 0 Å².